The molecule has 0 aliphatic heterocycles. The highest BCUT2D eigenvalue weighted by Gasteiger charge is 2.10. The van der Waals surface area contributed by atoms with Crippen LogP contribution in [-0.2, 0) is 11.2 Å². The van der Waals surface area contributed by atoms with Crippen LogP contribution in [-0.4, -0.2) is 30.0 Å². The molecule has 1 aromatic heterocycles. The fourth-order valence-electron chi connectivity index (χ4n) is 2.06. The summed E-state index contributed by atoms with van der Waals surface area (Å²) in [6.07, 6.45) is 0.241. The van der Waals surface area contributed by atoms with Gasteiger partial charge in [-0.15, -0.1) is 11.3 Å². The van der Waals surface area contributed by atoms with Gasteiger partial charge in [-0.1, -0.05) is 19.1 Å². The quantitative estimate of drug-likeness (QED) is 0.824. The van der Waals surface area contributed by atoms with Gasteiger partial charge in [0.1, 0.15) is 10.8 Å². The lowest BCUT2D eigenvalue weighted by Crippen LogP contribution is -2.39. The van der Waals surface area contributed by atoms with Gasteiger partial charge in [0.15, 0.2) is 0 Å². The Balaban J connectivity index is 1.90. The molecular formula is C16H20FN3OS. The second kappa shape index (κ2) is 8.00. The molecule has 0 aliphatic rings. The fourth-order valence-corrected chi connectivity index (χ4v) is 2.87. The van der Waals surface area contributed by atoms with Crippen molar-refractivity contribution in [3.8, 4) is 10.6 Å². The molecule has 0 radical (unpaired) electrons. The van der Waals surface area contributed by atoms with Crippen LogP contribution < -0.4 is 10.6 Å². The lowest BCUT2D eigenvalue weighted by molar-refractivity contribution is -0.120. The van der Waals surface area contributed by atoms with Crippen LogP contribution in [0.1, 0.15) is 19.5 Å². The zero-order valence-electron chi connectivity index (χ0n) is 12.7. The van der Waals surface area contributed by atoms with E-state index in [2.05, 4.69) is 15.6 Å². The third kappa shape index (κ3) is 4.89. The van der Waals surface area contributed by atoms with Crippen molar-refractivity contribution in [2.75, 3.05) is 13.1 Å². The van der Waals surface area contributed by atoms with Crippen LogP contribution in [0.15, 0.2) is 29.6 Å². The summed E-state index contributed by atoms with van der Waals surface area (Å²) in [5.74, 6) is -0.342. The Bertz CT molecular complexity index is 629. The minimum absolute atomic E-state index is 0.0548. The Kier molecular flexibility index (Phi) is 6.03. The van der Waals surface area contributed by atoms with E-state index in [1.807, 2.05) is 25.3 Å². The maximum atomic E-state index is 13.2. The average molecular weight is 321 g/mol. The third-order valence-electron chi connectivity index (χ3n) is 3.12. The number of nitrogens with one attached hydrogen (secondary N) is 2. The van der Waals surface area contributed by atoms with E-state index in [9.17, 15) is 9.18 Å². The minimum atomic E-state index is -0.288. The number of likely N-dealkylation sites (N-methyl/N-ethyl adjacent to an activating group) is 1. The van der Waals surface area contributed by atoms with E-state index in [1.54, 1.807) is 6.07 Å². The van der Waals surface area contributed by atoms with E-state index in [4.69, 9.17) is 0 Å². The number of aromatic nitrogens is 1. The second-order valence-corrected chi connectivity index (χ2v) is 5.95. The summed E-state index contributed by atoms with van der Waals surface area (Å²) in [4.78, 5) is 16.3. The van der Waals surface area contributed by atoms with Crippen LogP contribution >= 0.6 is 11.3 Å². The molecule has 0 fully saturated rings. The van der Waals surface area contributed by atoms with E-state index in [1.165, 1.54) is 23.5 Å². The number of thiazole rings is 1. The van der Waals surface area contributed by atoms with Gasteiger partial charge in [-0.25, -0.2) is 9.37 Å². The lowest BCUT2D eigenvalue weighted by Gasteiger charge is -2.12. The Morgan fingerprint density at radius 2 is 2.27 bits per heavy atom. The smallest absolute Gasteiger partial charge is 0.226 e. The highest BCUT2D eigenvalue weighted by atomic mass is 32.1. The van der Waals surface area contributed by atoms with Crippen molar-refractivity contribution >= 4 is 17.2 Å². The van der Waals surface area contributed by atoms with Gasteiger partial charge in [0.2, 0.25) is 5.91 Å². The zero-order chi connectivity index (χ0) is 15.9. The number of carbonyl (C=O) groups is 1. The summed E-state index contributed by atoms with van der Waals surface area (Å²) in [7, 11) is 0. The Labute approximate surface area is 133 Å². The monoisotopic (exact) mass is 321 g/mol. The molecule has 1 atom stereocenters. The third-order valence-corrected chi connectivity index (χ3v) is 4.06. The molecular weight excluding hydrogens is 301 g/mol. The number of amides is 1. The first-order chi connectivity index (χ1) is 10.6. The highest BCUT2D eigenvalue weighted by Crippen LogP contribution is 2.24. The van der Waals surface area contributed by atoms with E-state index in [0.29, 0.717) is 12.2 Å². The lowest BCUT2D eigenvalue weighted by atomic mass is 10.2. The molecule has 1 amide bonds. The molecule has 2 N–H and O–H groups in total. The van der Waals surface area contributed by atoms with Gasteiger partial charge in [0, 0.05) is 23.5 Å². The molecule has 0 spiro atoms. The molecule has 0 aliphatic carbocycles. The molecule has 1 aromatic carbocycles. The number of hydrogen-bond donors (Lipinski definition) is 2. The Morgan fingerprint density at radius 1 is 1.45 bits per heavy atom. The maximum absolute atomic E-state index is 13.2. The molecule has 6 heteroatoms. The largest absolute Gasteiger partial charge is 0.354 e. The number of hydrogen-bond acceptors (Lipinski definition) is 4. The molecule has 22 heavy (non-hydrogen) atoms. The predicted molar refractivity (Wildman–Crippen MR) is 87.4 cm³/mol. The van der Waals surface area contributed by atoms with Gasteiger partial charge < -0.3 is 10.6 Å². The maximum Gasteiger partial charge on any atom is 0.226 e. The van der Waals surface area contributed by atoms with E-state index >= 15 is 0 Å². The summed E-state index contributed by atoms with van der Waals surface area (Å²) in [6, 6.07) is 6.55. The molecule has 4 nitrogen and oxygen atoms in total. The van der Waals surface area contributed by atoms with Crippen LogP contribution in [0.2, 0.25) is 0 Å². The van der Waals surface area contributed by atoms with Gasteiger partial charge in [0.05, 0.1) is 12.1 Å². The summed E-state index contributed by atoms with van der Waals surface area (Å²) in [5.41, 5.74) is 1.44. The summed E-state index contributed by atoms with van der Waals surface area (Å²) >= 11 is 1.42. The van der Waals surface area contributed by atoms with Gasteiger partial charge in [-0.2, -0.15) is 0 Å². The fraction of sp³-hybridized carbons (Fsp3) is 0.375. The molecule has 0 saturated carbocycles. The Hall–Kier alpha value is -1.79. The van der Waals surface area contributed by atoms with Gasteiger partial charge in [-0.3, -0.25) is 4.79 Å². The van der Waals surface area contributed by atoms with Crippen LogP contribution in [0.4, 0.5) is 4.39 Å². The van der Waals surface area contributed by atoms with Gasteiger partial charge in [-0.05, 0) is 25.6 Å². The second-order valence-electron chi connectivity index (χ2n) is 5.09. The van der Waals surface area contributed by atoms with Crippen LogP contribution in [0.3, 0.4) is 0 Å². The molecule has 118 valence electrons. The first-order valence-electron chi connectivity index (χ1n) is 7.29. The number of rotatable bonds is 7. The topological polar surface area (TPSA) is 54.0 Å². The summed E-state index contributed by atoms with van der Waals surface area (Å²) in [6.45, 7) is 5.52. The van der Waals surface area contributed by atoms with Crippen molar-refractivity contribution in [3.05, 3.63) is 41.2 Å². The normalized spacial score (nSPS) is 12.1. The SMILES string of the molecule is CCN[C@H](C)CNC(=O)Cc1csc(-c2cccc(F)c2)n1. The van der Waals surface area contributed by atoms with Crippen molar-refractivity contribution < 1.29 is 9.18 Å². The highest BCUT2D eigenvalue weighted by molar-refractivity contribution is 7.13. The molecule has 2 aromatic rings. The van der Waals surface area contributed by atoms with Gasteiger partial charge >= 0.3 is 0 Å². The summed E-state index contributed by atoms with van der Waals surface area (Å²) in [5, 5.41) is 8.67. The zero-order valence-corrected chi connectivity index (χ0v) is 13.5. The van der Waals surface area contributed by atoms with Crippen LogP contribution in [0, 0.1) is 5.82 Å². The number of nitrogens with zero attached hydrogens (tertiary/aromatic N) is 1. The number of benzene rings is 1. The molecule has 0 saturated heterocycles. The summed E-state index contributed by atoms with van der Waals surface area (Å²) < 4.78 is 13.2. The molecule has 2 rings (SSSR count). The van der Waals surface area contributed by atoms with Crippen molar-refractivity contribution in [2.24, 2.45) is 0 Å². The minimum Gasteiger partial charge on any atom is -0.354 e. The predicted octanol–water partition coefficient (Wildman–Crippen LogP) is 2.61. The first kappa shape index (κ1) is 16.6. The van der Waals surface area contributed by atoms with E-state index in [-0.39, 0.29) is 24.2 Å². The number of carbonyl (C=O) groups excluding carboxylic acids is 1. The van der Waals surface area contributed by atoms with E-state index < -0.39 is 0 Å². The standard InChI is InChI=1S/C16H20FN3OS/c1-3-18-11(2)9-19-15(21)8-14-10-22-16(20-14)12-5-4-6-13(17)7-12/h4-7,10-11,18H,3,8-9H2,1-2H3,(H,19,21)/t11-/m1/s1. The first-order valence-corrected chi connectivity index (χ1v) is 8.17. The van der Waals surface area contributed by atoms with Crippen molar-refractivity contribution in [1.82, 2.24) is 15.6 Å². The number of halogens is 1. The van der Waals surface area contributed by atoms with E-state index in [0.717, 1.165) is 17.1 Å². The van der Waals surface area contributed by atoms with Crippen LogP contribution in [0.5, 0.6) is 0 Å². The van der Waals surface area contributed by atoms with Gasteiger partial charge in [0.25, 0.3) is 0 Å². The van der Waals surface area contributed by atoms with Crippen molar-refractivity contribution in [3.63, 3.8) is 0 Å². The molecule has 0 unspecified atom stereocenters. The van der Waals surface area contributed by atoms with Crippen molar-refractivity contribution in [2.45, 2.75) is 26.3 Å². The average Bonchev–Trinajstić information content (AvgIpc) is 2.94. The molecule has 1 heterocycles. The van der Waals surface area contributed by atoms with Crippen LogP contribution in [0.25, 0.3) is 10.6 Å². The Morgan fingerprint density at radius 3 is 3.00 bits per heavy atom. The van der Waals surface area contributed by atoms with Crippen molar-refractivity contribution in [1.29, 1.82) is 0 Å². The molecule has 0 bridgehead atoms.